The number of nitrogens with zero attached hydrogens (tertiary/aromatic N) is 6. The Kier molecular flexibility index (Phi) is 5.86. The molecule has 2 fully saturated rings. The number of allylic oxidation sites excluding steroid dienone is 2. The minimum absolute atomic E-state index is 0.129. The van der Waals surface area contributed by atoms with E-state index in [0.29, 0.717) is 6.54 Å². The first-order valence-corrected chi connectivity index (χ1v) is 12.1. The number of hydrogen-bond donors (Lipinski definition) is 0. The Balaban J connectivity index is 1.34. The Labute approximate surface area is 196 Å². The first-order chi connectivity index (χ1) is 16.0. The lowest BCUT2D eigenvalue weighted by Gasteiger charge is -2.41. The van der Waals surface area contributed by atoms with Gasteiger partial charge in [-0.15, -0.1) is 0 Å². The highest BCUT2D eigenvalue weighted by molar-refractivity contribution is 6.05. The molecule has 33 heavy (non-hydrogen) atoms. The van der Waals surface area contributed by atoms with Crippen LogP contribution in [0.4, 0.5) is 4.79 Å². The van der Waals surface area contributed by atoms with Crippen LogP contribution in [0.1, 0.15) is 38.7 Å². The van der Waals surface area contributed by atoms with E-state index < -0.39 is 12.2 Å². The number of rotatable bonds is 6. The summed E-state index contributed by atoms with van der Waals surface area (Å²) in [6.07, 6.45) is 4.07. The molecule has 1 aromatic carbocycles. The van der Waals surface area contributed by atoms with Gasteiger partial charge < -0.3 is 14.7 Å². The number of aliphatic imine (C=N–C) groups is 1. The van der Waals surface area contributed by atoms with Crippen molar-refractivity contribution < 1.29 is 9.59 Å². The van der Waals surface area contributed by atoms with Crippen LogP contribution in [-0.2, 0) is 11.2 Å². The third-order valence-electron chi connectivity index (χ3n) is 7.56. The Hall–Kier alpha value is -2.87. The van der Waals surface area contributed by atoms with E-state index in [2.05, 4.69) is 52.8 Å². The van der Waals surface area contributed by atoms with Crippen LogP contribution in [-0.4, -0.2) is 94.4 Å². The lowest BCUT2D eigenvalue weighted by atomic mass is 10.1. The summed E-state index contributed by atoms with van der Waals surface area (Å²) < 4.78 is 0. The first kappa shape index (κ1) is 21.9. The zero-order valence-corrected chi connectivity index (χ0v) is 19.9. The maximum absolute atomic E-state index is 13.6. The van der Waals surface area contributed by atoms with E-state index in [0.717, 1.165) is 50.0 Å². The van der Waals surface area contributed by atoms with Crippen molar-refractivity contribution in [3.63, 3.8) is 0 Å². The maximum atomic E-state index is 13.6. The fourth-order valence-electron chi connectivity index (χ4n) is 5.46. The molecule has 4 aliphatic rings. The largest absolute Gasteiger partial charge is 0.328 e. The second kappa shape index (κ2) is 8.82. The smallest absolute Gasteiger partial charge is 0.314 e. The summed E-state index contributed by atoms with van der Waals surface area (Å²) in [6.45, 7) is 8.21. The molecule has 2 saturated heterocycles. The van der Waals surface area contributed by atoms with Gasteiger partial charge in [0, 0.05) is 38.1 Å². The Morgan fingerprint density at radius 3 is 2.36 bits per heavy atom. The number of guanidine groups is 1. The summed E-state index contributed by atoms with van der Waals surface area (Å²) in [7, 11) is 1.77. The van der Waals surface area contributed by atoms with Crippen LogP contribution in [0.5, 0.6) is 0 Å². The second-order valence-corrected chi connectivity index (χ2v) is 9.50. The third kappa shape index (κ3) is 3.80. The fraction of sp³-hybridized carbons (Fsp3) is 0.560. The summed E-state index contributed by atoms with van der Waals surface area (Å²) in [4.78, 5) is 41.4. The van der Waals surface area contributed by atoms with Gasteiger partial charge in [-0.05, 0) is 51.8 Å². The predicted octanol–water partition coefficient (Wildman–Crippen LogP) is 2.54. The number of likely N-dealkylation sites (tertiary alicyclic amines) is 1. The van der Waals surface area contributed by atoms with E-state index in [-0.39, 0.29) is 11.9 Å². The van der Waals surface area contributed by atoms with Gasteiger partial charge in [-0.1, -0.05) is 36.8 Å². The number of imide groups is 1. The van der Waals surface area contributed by atoms with Crippen molar-refractivity contribution in [1.82, 2.24) is 24.5 Å². The van der Waals surface area contributed by atoms with Crippen molar-refractivity contribution in [2.75, 3.05) is 39.8 Å². The molecule has 1 aromatic rings. The number of fused-ring (bicyclic) bond motifs is 3. The van der Waals surface area contributed by atoms with E-state index in [1.54, 1.807) is 11.9 Å². The van der Waals surface area contributed by atoms with Gasteiger partial charge in [-0.25, -0.2) is 9.79 Å². The number of piperidine rings is 1. The minimum atomic E-state index is -0.485. The quantitative estimate of drug-likeness (QED) is 0.667. The molecule has 0 aromatic heterocycles. The lowest BCUT2D eigenvalue weighted by Crippen LogP contribution is -2.65. The van der Waals surface area contributed by atoms with E-state index in [1.165, 1.54) is 29.7 Å². The predicted molar refractivity (Wildman–Crippen MR) is 127 cm³/mol. The summed E-state index contributed by atoms with van der Waals surface area (Å²) in [6, 6.07) is 9.67. The van der Waals surface area contributed by atoms with Gasteiger partial charge in [0.2, 0.25) is 5.96 Å². The Morgan fingerprint density at radius 2 is 1.64 bits per heavy atom. The fourth-order valence-corrected chi connectivity index (χ4v) is 5.46. The average molecular weight is 451 g/mol. The topological polar surface area (TPSA) is 62.7 Å². The van der Waals surface area contributed by atoms with E-state index in [1.807, 2.05) is 6.07 Å². The van der Waals surface area contributed by atoms with Crippen LogP contribution < -0.4 is 0 Å². The molecule has 0 aliphatic carbocycles. The van der Waals surface area contributed by atoms with Crippen LogP contribution in [0.15, 0.2) is 46.7 Å². The van der Waals surface area contributed by atoms with Crippen molar-refractivity contribution in [3.05, 3.63) is 47.3 Å². The molecule has 0 saturated carbocycles. The Morgan fingerprint density at radius 1 is 0.909 bits per heavy atom. The van der Waals surface area contributed by atoms with Crippen molar-refractivity contribution in [2.45, 2.75) is 51.7 Å². The summed E-state index contributed by atoms with van der Waals surface area (Å²) in [5, 5.41) is 0. The van der Waals surface area contributed by atoms with E-state index >= 15 is 0 Å². The van der Waals surface area contributed by atoms with Crippen LogP contribution in [0.25, 0.3) is 0 Å². The number of likely N-dealkylation sites (N-methyl/N-ethyl adjacent to an activating group) is 1. The second-order valence-electron chi connectivity index (χ2n) is 9.50. The van der Waals surface area contributed by atoms with Gasteiger partial charge in [0.1, 0.15) is 0 Å². The molecule has 3 amide bonds. The zero-order chi connectivity index (χ0) is 23.1. The summed E-state index contributed by atoms with van der Waals surface area (Å²) >= 11 is 0. The molecule has 2 unspecified atom stereocenters. The Bertz CT molecular complexity index is 984. The maximum Gasteiger partial charge on any atom is 0.328 e. The van der Waals surface area contributed by atoms with Crippen molar-refractivity contribution in [1.29, 1.82) is 0 Å². The highest BCUT2D eigenvalue weighted by atomic mass is 16.2. The SMILES string of the molecule is CC1=C(C)N2C(=NC3C2C(=O)N(CCN2CCCCC2)C(=O)N3C)N1CCc1ccccc1. The normalized spacial score (nSPS) is 25.7. The number of amides is 3. The number of carbonyl (C=O) groups is 2. The lowest BCUT2D eigenvalue weighted by molar-refractivity contribution is -0.137. The molecule has 0 spiro atoms. The number of carbonyl (C=O) groups excluding carboxylic acids is 2. The highest BCUT2D eigenvalue weighted by Crippen LogP contribution is 2.37. The molecule has 0 bridgehead atoms. The van der Waals surface area contributed by atoms with Gasteiger partial charge in [0.25, 0.3) is 5.91 Å². The molecule has 2 atom stereocenters. The molecule has 0 N–H and O–H groups in total. The van der Waals surface area contributed by atoms with Crippen LogP contribution in [0.3, 0.4) is 0 Å². The average Bonchev–Trinajstić information content (AvgIpc) is 3.33. The molecular weight excluding hydrogens is 416 g/mol. The minimum Gasteiger partial charge on any atom is -0.314 e. The van der Waals surface area contributed by atoms with Gasteiger partial charge in [0.05, 0.1) is 0 Å². The molecule has 4 aliphatic heterocycles. The van der Waals surface area contributed by atoms with Crippen LogP contribution in [0.2, 0.25) is 0 Å². The summed E-state index contributed by atoms with van der Waals surface area (Å²) in [5.41, 5.74) is 3.43. The number of benzene rings is 1. The van der Waals surface area contributed by atoms with E-state index in [4.69, 9.17) is 4.99 Å². The van der Waals surface area contributed by atoms with Gasteiger partial charge in [-0.3, -0.25) is 14.6 Å². The van der Waals surface area contributed by atoms with Gasteiger partial charge in [0.15, 0.2) is 12.2 Å². The third-order valence-corrected chi connectivity index (χ3v) is 7.56. The standard InChI is InChI=1S/C25H34N6O2/c1-18-19(2)31-21-22(26-24(31)29(18)15-12-20-10-6-4-7-11-20)27(3)25(33)30(23(21)32)17-16-28-13-8-5-9-14-28/h4,6-7,10-11,21-22H,5,8-9,12-17H2,1-3H3. The molecule has 5 rings (SSSR count). The van der Waals surface area contributed by atoms with Crippen molar-refractivity contribution >= 4 is 17.9 Å². The van der Waals surface area contributed by atoms with Crippen LogP contribution >= 0.6 is 0 Å². The highest BCUT2D eigenvalue weighted by Gasteiger charge is 2.55. The molecule has 176 valence electrons. The van der Waals surface area contributed by atoms with E-state index in [9.17, 15) is 9.59 Å². The zero-order valence-electron chi connectivity index (χ0n) is 19.9. The number of urea groups is 1. The van der Waals surface area contributed by atoms with Crippen molar-refractivity contribution in [2.24, 2.45) is 4.99 Å². The monoisotopic (exact) mass is 450 g/mol. The van der Waals surface area contributed by atoms with Gasteiger partial charge >= 0.3 is 6.03 Å². The van der Waals surface area contributed by atoms with Gasteiger partial charge in [-0.2, -0.15) is 0 Å². The molecule has 8 nitrogen and oxygen atoms in total. The molecule has 8 heteroatoms. The van der Waals surface area contributed by atoms with Crippen LogP contribution in [0, 0.1) is 0 Å². The number of hydrogen-bond acceptors (Lipinski definition) is 6. The summed E-state index contributed by atoms with van der Waals surface area (Å²) in [5.74, 6) is 0.665. The van der Waals surface area contributed by atoms with Crippen molar-refractivity contribution in [3.8, 4) is 0 Å². The first-order valence-electron chi connectivity index (χ1n) is 12.1. The molecule has 4 heterocycles. The molecule has 0 radical (unpaired) electrons. The molecular formula is C25H34N6O2.